The molecule has 0 spiro atoms. The van der Waals surface area contributed by atoms with E-state index in [-0.39, 0.29) is 6.03 Å². The van der Waals surface area contributed by atoms with Gasteiger partial charge in [0.05, 0.1) is 0 Å². The molecule has 0 aliphatic heterocycles. The lowest BCUT2D eigenvalue weighted by Gasteiger charge is -2.32. The fourth-order valence-electron chi connectivity index (χ4n) is 1.97. The predicted octanol–water partition coefficient (Wildman–Crippen LogP) is 1.61. The van der Waals surface area contributed by atoms with Crippen molar-refractivity contribution in [2.24, 2.45) is 0 Å². The molecule has 0 saturated heterocycles. The summed E-state index contributed by atoms with van der Waals surface area (Å²) >= 11 is 0. The van der Waals surface area contributed by atoms with E-state index in [1.165, 1.54) is 0 Å². The highest BCUT2D eigenvalue weighted by Gasteiger charge is 2.37. The highest BCUT2D eigenvalue weighted by molar-refractivity contribution is 5.86. The number of aliphatic carboxylic acids is 1. The summed E-state index contributed by atoms with van der Waals surface area (Å²) in [6, 6.07) is -0.292. The van der Waals surface area contributed by atoms with E-state index in [1.807, 2.05) is 25.9 Å². The molecule has 0 rings (SSSR count). The number of nitrogens with zero attached hydrogens (tertiary/aromatic N) is 2. The molecule has 6 nitrogen and oxygen atoms in total. The lowest BCUT2D eigenvalue weighted by Crippen LogP contribution is -2.58. The molecule has 0 atom stereocenters. The second-order valence-corrected chi connectivity index (χ2v) is 5.31. The monoisotopic (exact) mass is 287 g/mol. The smallest absolute Gasteiger partial charge is 0.329 e. The fraction of sp³-hybridized carbons (Fsp3) is 0.857. The lowest BCUT2D eigenvalue weighted by molar-refractivity contribution is -0.144. The standard InChI is InChI=1S/C14H29N3O3/c1-6-9-17(11-10-16(4)5)13(20)15-14(7-2,8-3)12(18)19/h6-11H2,1-5H3,(H,15,20)(H,18,19). The van der Waals surface area contributed by atoms with Gasteiger partial charge in [0, 0.05) is 19.6 Å². The van der Waals surface area contributed by atoms with Gasteiger partial charge in [0.25, 0.3) is 0 Å². The second kappa shape index (κ2) is 8.79. The van der Waals surface area contributed by atoms with E-state index >= 15 is 0 Å². The molecule has 20 heavy (non-hydrogen) atoms. The minimum atomic E-state index is -1.17. The predicted molar refractivity (Wildman–Crippen MR) is 79.9 cm³/mol. The summed E-state index contributed by atoms with van der Waals surface area (Å²) in [5.41, 5.74) is -1.17. The van der Waals surface area contributed by atoms with Crippen molar-refractivity contribution >= 4 is 12.0 Å². The fourth-order valence-corrected chi connectivity index (χ4v) is 1.97. The summed E-state index contributed by atoms with van der Waals surface area (Å²) in [5.74, 6) is -0.972. The highest BCUT2D eigenvalue weighted by Crippen LogP contribution is 2.16. The van der Waals surface area contributed by atoms with Gasteiger partial charge in [-0.05, 0) is 33.4 Å². The topological polar surface area (TPSA) is 72.9 Å². The third-order valence-corrected chi connectivity index (χ3v) is 3.56. The third-order valence-electron chi connectivity index (χ3n) is 3.56. The van der Waals surface area contributed by atoms with E-state index in [0.29, 0.717) is 25.9 Å². The molecule has 6 heteroatoms. The maximum absolute atomic E-state index is 12.3. The molecule has 0 aromatic heterocycles. The van der Waals surface area contributed by atoms with Gasteiger partial charge < -0.3 is 20.2 Å². The number of hydrogen-bond donors (Lipinski definition) is 2. The van der Waals surface area contributed by atoms with Crippen LogP contribution in [0.3, 0.4) is 0 Å². The average Bonchev–Trinajstić information content (AvgIpc) is 2.39. The van der Waals surface area contributed by atoms with Gasteiger partial charge in [-0.25, -0.2) is 9.59 Å². The molecule has 0 unspecified atom stereocenters. The molecule has 0 radical (unpaired) electrons. The summed E-state index contributed by atoms with van der Waals surface area (Å²) < 4.78 is 0. The van der Waals surface area contributed by atoms with Crippen molar-refractivity contribution in [3.05, 3.63) is 0 Å². The van der Waals surface area contributed by atoms with Crippen molar-refractivity contribution in [2.45, 2.75) is 45.6 Å². The van der Waals surface area contributed by atoms with Crippen LogP contribution in [0, 0.1) is 0 Å². The van der Waals surface area contributed by atoms with Gasteiger partial charge in [-0.3, -0.25) is 0 Å². The molecule has 0 bridgehead atoms. The first-order valence-corrected chi connectivity index (χ1v) is 7.28. The van der Waals surface area contributed by atoms with Crippen LogP contribution in [0.25, 0.3) is 0 Å². The molecule has 0 aliphatic rings. The molecular weight excluding hydrogens is 258 g/mol. The first kappa shape index (κ1) is 18.7. The van der Waals surface area contributed by atoms with Crippen molar-refractivity contribution < 1.29 is 14.7 Å². The molecular formula is C14H29N3O3. The van der Waals surface area contributed by atoms with Crippen molar-refractivity contribution in [3.8, 4) is 0 Å². The number of carbonyl (C=O) groups is 2. The summed E-state index contributed by atoms with van der Waals surface area (Å²) in [6.07, 6.45) is 1.59. The second-order valence-electron chi connectivity index (χ2n) is 5.31. The van der Waals surface area contributed by atoms with E-state index in [1.54, 1.807) is 18.7 Å². The van der Waals surface area contributed by atoms with E-state index in [0.717, 1.165) is 13.0 Å². The molecule has 2 amide bonds. The summed E-state index contributed by atoms with van der Waals surface area (Å²) in [7, 11) is 3.89. The zero-order chi connectivity index (χ0) is 15.8. The van der Waals surface area contributed by atoms with Crippen LogP contribution in [0.1, 0.15) is 40.0 Å². The van der Waals surface area contributed by atoms with Crippen molar-refractivity contribution in [1.82, 2.24) is 15.1 Å². The molecule has 0 heterocycles. The minimum absolute atomic E-state index is 0.292. The average molecular weight is 287 g/mol. The molecule has 0 aromatic carbocycles. The van der Waals surface area contributed by atoms with Crippen molar-refractivity contribution in [3.63, 3.8) is 0 Å². The number of nitrogens with one attached hydrogen (secondary N) is 1. The Labute approximate surface area is 122 Å². The zero-order valence-corrected chi connectivity index (χ0v) is 13.4. The Hall–Kier alpha value is -1.30. The van der Waals surface area contributed by atoms with Crippen LogP contribution in [-0.2, 0) is 4.79 Å². The highest BCUT2D eigenvalue weighted by atomic mass is 16.4. The molecule has 0 aliphatic carbocycles. The molecule has 0 saturated carbocycles. The first-order valence-electron chi connectivity index (χ1n) is 7.28. The van der Waals surface area contributed by atoms with Crippen LogP contribution in [0.2, 0.25) is 0 Å². The van der Waals surface area contributed by atoms with E-state index in [4.69, 9.17) is 0 Å². The van der Waals surface area contributed by atoms with Crippen LogP contribution < -0.4 is 5.32 Å². The van der Waals surface area contributed by atoms with Crippen molar-refractivity contribution in [2.75, 3.05) is 33.7 Å². The Morgan fingerprint density at radius 3 is 1.95 bits per heavy atom. The van der Waals surface area contributed by atoms with Gasteiger partial charge >= 0.3 is 12.0 Å². The van der Waals surface area contributed by atoms with E-state index in [9.17, 15) is 14.7 Å². The number of carboxylic acid groups (broad SMARTS) is 1. The number of carboxylic acids is 1. The zero-order valence-electron chi connectivity index (χ0n) is 13.4. The molecule has 118 valence electrons. The van der Waals surface area contributed by atoms with Gasteiger partial charge in [0.1, 0.15) is 5.54 Å². The number of carbonyl (C=O) groups excluding carboxylic acids is 1. The van der Waals surface area contributed by atoms with Gasteiger partial charge in [-0.15, -0.1) is 0 Å². The minimum Gasteiger partial charge on any atom is -0.480 e. The third kappa shape index (κ3) is 5.36. The Morgan fingerprint density at radius 2 is 1.60 bits per heavy atom. The lowest BCUT2D eigenvalue weighted by atomic mass is 9.93. The van der Waals surface area contributed by atoms with Gasteiger partial charge in [0.2, 0.25) is 0 Å². The number of amides is 2. The summed E-state index contributed by atoms with van der Waals surface area (Å²) in [6.45, 7) is 7.54. The number of likely N-dealkylation sites (N-methyl/N-ethyl adjacent to an activating group) is 1. The maximum atomic E-state index is 12.3. The number of urea groups is 1. The van der Waals surface area contributed by atoms with Crippen LogP contribution in [0.5, 0.6) is 0 Å². The summed E-state index contributed by atoms with van der Waals surface area (Å²) in [4.78, 5) is 27.4. The van der Waals surface area contributed by atoms with Crippen LogP contribution in [0.4, 0.5) is 4.79 Å². The molecule has 2 N–H and O–H groups in total. The van der Waals surface area contributed by atoms with E-state index < -0.39 is 11.5 Å². The van der Waals surface area contributed by atoms with Crippen LogP contribution in [0.15, 0.2) is 0 Å². The Morgan fingerprint density at radius 1 is 1.05 bits per heavy atom. The first-order chi connectivity index (χ1) is 9.32. The van der Waals surface area contributed by atoms with Gasteiger partial charge in [-0.1, -0.05) is 20.8 Å². The number of rotatable bonds is 9. The van der Waals surface area contributed by atoms with Crippen molar-refractivity contribution in [1.29, 1.82) is 0 Å². The van der Waals surface area contributed by atoms with Crippen LogP contribution >= 0.6 is 0 Å². The largest absolute Gasteiger partial charge is 0.480 e. The SMILES string of the molecule is CCCN(CCN(C)C)C(=O)NC(CC)(CC)C(=O)O. The van der Waals surface area contributed by atoms with Crippen LogP contribution in [-0.4, -0.2) is 66.2 Å². The maximum Gasteiger partial charge on any atom is 0.329 e. The summed E-state index contributed by atoms with van der Waals surface area (Å²) in [5, 5.41) is 12.1. The van der Waals surface area contributed by atoms with E-state index in [2.05, 4.69) is 5.32 Å². The Kier molecular flexibility index (Phi) is 8.22. The van der Waals surface area contributed by atoms with Gasteiger partial charge in [-0.2, -0.15) is 0 Å². The van der Waals surface area contributed by atoms with Gasteiger partial charge in [0.15, 0.2) is 0 Å². The normalized spacial score (nSPS) is 11.5. The Bertz CT molecular complexity index is 315. The quantitative estimate of drug-likeness (QED) is 0.676. The Balaban J connectivity index is 4.83. The molecule has 0 aromatic rings. The number of hydrogen-bond acceptors (Lipinski definition) is 3. The molecule has 0 fully saturated rings.